The molecule has 0 saturated heterocycles. The molecule has 0 radical (unpaired) electrons. The Hall–Kier alpha value is -1.35. The number of carbonyl (C=O) groups is 1. The fraction of sp³-hybridized carbons (Fsp3) is 0.462. The molecule has 2 aliphatic heterocycles. The lowest BCUT2D eigenvalue weighted by molar-refractivity contribution is -0.117. The number of hydrogen-bond acceptors (Lipinski definition) is 2. The van der Waals surface area contributed by atoms with Gasteiger partial charge in [-0.1, -0.05) is 12.1 Å². The van der Waals surface area contributed by atoms with Crippen molar-refractivity contribution in [3.05, 3.63) is 28.8 Å². The van der Waals surface area contributed by atoms with E-state index < -0.39 is 0 Å². The van der Waals surface area contributed by atoms with Gasteiger partial charge in [-0.25, -0.2) is 0 Å². The topological polar surface area (TPSA) is 32.3 Å². The highest BCUT2D eigenvalue weighted by Gasteiger charge is 2.31. The van der Waals surface area contributed by atoms with Crippen molar-refractivity contribution in [3.63, 3.8) is 0 Å². The molecule has 1 aromatic rings. The molecule has 1 amide bonds. The van der Waals surface area contributed by atoms with Gasteiger partial charge in [-0.2, -0.15) is 0 Å². The zero-order valence-corrected chi connectivity index (χ0v) is 9.55. The fourth-order valence-electron chi connectivity index (χ4n) is 2.86. The summed E-state index contributed by atoms with van der Waals surface area (Å²) in [6, 6.07) is 4.43. The molecule has 0 unspecified atom stereocenters. The van der Waals surface area contributed by atoms with Crippen LogP contribution in [0.3, 0.4) is 0 Å². The number of nitrogens with one attached hydrogen (secondary N) is 1. The Bertz CT molecular complexity index is 453. The van der Waals surface area contributed by atoms with Crippen LogP contribution in [0, 0.1) is 0 Å². The lowest BCUT2D eigenvalue weighted by atomic mass is 9.97. The monoisotopic (exact) mass is 216 g/mol. The van der Waals surface area contributed by atoms with Crippen molar-refractivity contribution in [3.8, 4) is 0 Å². The van der Waals surface area contributed by atoms with Gasteiger partial charge in [0.1, 0.15) is 0 Å². The van der Waals surface area contributed by atoms with Gasteiger partial charge in [0.25, 0.3) is 0 Å². The van der Waals surface area contributed by atoms with Gasteiger partial charge in [0.2, 0.25) is 5.91 Å². The molecular formula is C13H16N2O. The molecule has 0 spiro atoms. The van der Waals surface area contributed by atoms with Crippen molar-refractivity contribution in [2.75, 3.05) is 18.5 Å². The van der Waals surface area contributed by atoms with Crippen LogP contribution in [0.4, 0.5) is 5.69 Å². The summed E-state index contributed by atoms with van der Waals surface area (Å²) in [5.41, 5.74) is 5.11. The van der Waals surface area contributed by atoms with Crippen LogP contribution in [-0.2, 0) is 24.2 Å². The van der Waals surface area contributed by atoms with E-state index >= 15 is 0 Å². The van der Waals surface area contributed by atoms with E-state index in [1.807, 2.05) is 11.9 Å². The van der Waals surface area contributed by atoms with E-state index in [-0.39, 0.29) is 5.91 Å². The maximum atomic E-state index is 11.8. The first-order chi connectivity index (χ1) is 7.79. The summed E-state index contributed by atoms with van der Waals surface area (Å²) in [5.74, 6) is 0.276. The van der Waals surface area contributed by atoms with Crippen LogP contribution in [0.5, 0.6) is 0 Å². The number of anilines is 1. The maximum absolute atomic E-state index is 11.8. The van der Waals surface area contributed by atoms with E-state index in [9.17, 15) is 4.79 Å². The molecule has 0 atom stereocenters. The van der Waals surface area contributed by atoms with E-state index in [0.29, 0.717) is 6.42 Å². The standard InChI is InChI=1S/C13H16N2O/c1-14-8-9-5-10-3-2-4-15-12(16)7-11(6-9)13(10)15/h5-6,14H,2-4,7-8H2,1H3. The zero-order valence-electron chi connectivity index (χ0n) is 9.55. The highest BCUT2D eigenvalue weighted by atomic mass is 16.2. The Morgan fingerprint density at radius 1 is 1.38 bits per heavy atom. The SMILES string of the molecule is CNCc1cc2c3c(c1)CC(=O)N3CCC2. The lowest BCUT2D eigenvalue weighted by Gasteiger charge is -2.26. The molecule has 0 fully saturated rings. The van der Waals surface area contributed by atoms with Crippen molar-refractivity contribution < 1.29 is 4.79 Å². The molecule has 16 heavy (non-hydrogen) atoms. The van der Waals surface area contributed by atoms with Crippen LogP contribution < -0.4 is 10.2 Å². The van der Waals surface area contributed by atoms with E-state index in [1.165, 1.54) is 22.4 Å². The number of aryl methyl sites for hydroxylation is 1. The molecular weight excluding hydrogens is 200 g/mol. The van der Waals surface area contributed by atoms with E-state index in [0.717, 1.165) is 25.9 Å². The number of carbonyl (C=O) groups excluding carboxylic acids is 1. The highest BCUT2D eigenvalue weighted by molar-refractivity contribution is 6.02. The van der Waals surface area contributed by atoms with Crippen molar-refractivity contribution in [2.24, 2.45) is 0 Å². The molecule has 1 aromatic carbocycles. The Morgan fingerprint density at radius 3 is 3.00 bits per heavy atom. The molecule has 3 nitrogen and oxygen atoms in total. The van der Waals surface area contributed by atoms with Gasteiger partial charge >= 0.3 is 0 Å². The van der Waals surface area contributed by atoms with Crippen LogP contribution in [0.25, 0.3) is 0 Å². The number of benzene rings is 1. The summed E-state index contributed by atoms with van der Waals surface area (Å²) in [6.07, 6.45) is 2.81. The zero-order chi connectivity index (χ0) is 11.1. The van der Waals surface area contributed by atoms with Gasteiger partial charge in [-0.15, -0.1) is 0 Å². The number of hydrogen-bond donors (Lipinski definition) is 1. The second kappa shape index (κ2) is 3.59. The summed E-state index contributed by atoms with van der Waals surface area (Å²) >= 11 is 0. The molecule has 3 rings (SSSR count). The third-order valence-electron chi connectivity index (χ3n) is 3.45. The van der Waals surface area contributed by atoms with Crippen LogP contribution in [0.15, 0.2) is 12.1 Å². The van der Waals surface area contributed by atoms with E-state index in [2.05, 4.69) is 17.4 Å². The number of amides is 1. The fourth-order valence-corrected chi connectivity index (χ4v) is 2.86. The van der Waals surface area contributed by atoms with Crippen molar-refractivity contribution in [1.82, 2.24) is 5.32 Å². The quantitative estimate of drug-likeness (QED) is 0.806. The first kappa shape index (κ1) is 9.85. The summed E-state index contributed by atoms with van der Waals surface area (Å²) in [6.45, 7) is 1.79. The van der Waals surface area contributed by atoms with Gasteiger partial charge in [0.15, 0.2) is 0 Å². The molecule has 84 valence electrons. The first-order valence-electron chi connectivity index (χ1n) is 5.89. The van der Waals surface area contributed by atoms with E-state index in [1.54, 1.807) is 0 Å². The molecule has 0 bridgehead atoms. The van der Waals surface area contributed by atoms with Gasteiger partial charge in [0, 0.05) is 13.1 Å². The van der Waals surface area contributed by atoms with Crippen LogP contribution in [0.1, 0.15) is 23.1 Å². The largest absolute Gasteiger partial charge is 0.316 e. The summed E-state index contributed by atoms with van der Waals surface area (Å²) in [4.78, 5) is 13.8. The Labute approximate surface area is 95.4 Å². The highest BCUT2D eigenvalue weighted by Crippen LogP contribution is 2.37. The molecule has 2 aliphatic rings. The molecule has 0 saturated carbocycles. The minimum atomic E-state index is 0.276. The number of rotatable bonds is 2. The first-order valence-corrected chi connectivity index (χ1v) is 5.89. The van der Waals surface area contributed by atoms with Crippen LogP contribution >= 0.6 is 0 Å². The molecule has 2 heterocycles. The summed E-state index contributed by atoms with van der Waals surface area (Å²) in [5, 5.41) is 3.17. The molecule has 0 aromatic heterocycles. The summed E-state index contributed by atoms with van der Waals surface area (Å²) < 4.78 is 0. The lowest BCUT2D eigenvalue weighted by Crippen LogP contribution is -2.31. The Kier molecular flexibility index (Phi) is 2.21. The molecule has 1 N–H and O–H groups in total. The average molecular weight is 216 g/mol. The molecule has 0 aliphatic carbocycles. The van der Waals surface area contributed by atoms with Gasteiger partial charge in [-0.05, 0) is 36.6 Å². The smallest absolute Gasteiger partial charge is 0.231 e. The van der Waals surface area contributed by atoms with Crippen molar-refractivity contribution >= 4 is 11.6 Å². The second-order valence-electron chi connectivity index (χ2n) is 4.62. The Balaban J connectivity index is 2.10. The van der Waals surface area contributed by atoms with Crippen LogP contribution in [-0.4, -0.2) is 19.5 Å². The van der Waals surface area contributed by atoms with Crippen molar-refractivity contribution in [1.29, 1.82) is 0 Å². The number of nitrogens with zero attached hydrogens (tertiary/aromatic N) is 1. The van der Waals surface area contributed by atoms with Gasteiger partial charge in [0.05, 0.1) is 12.1 Å². The minimum absolute atomic E-state index is 0.276. The summed E-state index contributed by atoms with van der Waals surface area (Å²) in [7, 11) is 1.95. The second-order valence-corrected chi connectivity index (χ2v) is 4.62. The minimum Gasteiger partial charge on any atom is -0.316 e. The predicted molar refractivity (Wildman–Crippen MR) is 63.6 cm³/mol. The maximum Gasteiger partial charge on any atom is 0.231 e. The van der Waals surface area contributed by atoms with Gasteiger partial charge in [-0.3, -0.25) is 4.79 Å². The third-order valence-corrected chi connectivity index (χ3v) is 3.45. The Morgan fingerprint density at radius 2 is 2.19 bits per heavy atom. The van der Waals surface area contributed by atoms with E-state index in [4.69, 9.17) is 0 Å². The average Bonchev–Trinajstić information content (AvgIpc) is 2.58. The van der Waals surface area contributed by atoms with Gasteiger partial charge < -0.3 is 10.2 Å². The third kappa shape index (κ3) is 1.35. The van der Waals surface area contributed by atoms with Crippen molar-refractivity contribution in [2.45, 2.75) is 25.8 Å². The van der Waals surface area contributed by atoms with Crippen LogP contribution in [0.2, 0.25) is 0 Å². The predicted octanol–water partition coefficient (Wildman–Crippen LogP) is 1.24. The molecule has 3 heteroatoms. The normalized spacial score (nSPS) is 17.8.